The van der Waals surface area contributed by atoms with E-state index in [1.54, 1.807) is 0 Å². The maximum absolute atomic E-state index is 6.07. The Labute approximate surface area is 125 Å². The lowest BCUT2D eigenvalue weighted by Gasteiger charge is -2.18. The number of pyridine rings is 1. The van der Waals surface area contributed by atoms with Crippen LogP contribution in [-0.4, -0.2) is 14.8 Å². The normalized spacial score (nSPS) is 14.1. The van der Waals surface area contributed by atoms with Crippen LogP contribution in [0.25, 0.3) is 0 Å². The number of ether oxygens (including phenoxy) is 1. The zero-order valence-corrected chi connectivity index (χ0v) is 12.9. The Hall–Kier alpha value is -1.88. The van der Waals surface area contributed by atoms with Crippen LogP contribution in [0.5, 0.6) is 11.6 Å². The highest BCUT2D eigenvalue weighted by atomic mass is 16.5. The minimum absolute atomic E-state index is 0.438. The fourth-order valence-electron chi connectivity index (χ4n) is 2.90. The Morgan fingerprint density at radius 1 is 1.29 bits per heavy atom. The first-order chi connectivity index (χ1) is 10.1. The molecule has 0 spiro atoms. The summed E-state index contributed by atoms with van der Waals surface area (Å²) >= 11 is 0. The first kappa shape index (κ1) is 14.1. The molecule has 0 amide bonds. The van der Waals surface area contributed by atoms with Gasteiger partial charge in [-0.25, -0.2) is 4.98 Å². The van der Waals surface area contributed by atoms with Crippen LogP contribution in [0, 0.1) is 13.8 Å². The number of aryl methyl sites for hydroxylation is 4. The highest BCUT2D eigenvalue weighted by molar-refractivity contribution is 5.41. The summed E-state index contributed by atoms with van der Waals surface area (Å²) < 4.78 is 7.90. The molecule has 1 aliphatic carbocycles. The van der Waals surface area contributed by atoms with Crippen molar-refractivity contribution in [3.05, 3.63) is 34.3 Å². The molecule has 2 aromatic heterocycles. The third-order valence-corrected chi connectivity index (χ3v) is 4.20. The molecule has 112 valence electrons. The molecule has 0 aromatic carbocycles. The molecule has 2 heterocycles. The Kier molecular flexibility index (Phi) is 3.68. The number of nitrogens with two attached hydrogens (primary N) is 1. The topological polar surface area (TPSA) is 66.0 Å². The second kappa shape index (κ2) is 5.48. The summed E-state index contributed by atoms with van der Waals surface area (Å²) in [6, 6.07) is 2.16. The maximum Gasteiger partial charge on any atom is 0.224 e. The van der Waals surface area contributed by atoms with Gasteiger partial charge in [-0.1, -0.05) is 0 Å². The third-order valence-electron chi connectivity index (χ3n) is 4.20. The van der Waals surface area contributed by atoms with E-state index in [0.717, 1.165) is 41.2 Å². The fourth-order valence-corrected chi connectivity index (χ4v) is 2.90. The largest absolute Gasteiger partial charge is 0.435 e. The molecule has 21 heavy (non-hydrogen) atoms. The number of aromatic nitrogens is 3. The van der Waals surface area contributed by atoms with Gasteiger partial charge in [-0.2, -0.15) is 5.10 Å². The quantitative estimate of drug-likeness (QED) is 0.941. The molecule has 0 aliphatic heterocycles. The van der Waals surface area contributed by atoms with E-state index in [0.29, 0.717) is 12.4 Å². The van der Waals surface area contributed by atoms with Gasteiger partial charge in [0, 0.05) is 24.8 Å². The number of fused-ring (bicyclic) bond motifs is 1. The fraction of sp³-hybridized carbons (Fsp3) is 0.500. The van der Waals surface area contributed by atoms with Crippen molar-refractivity contribution in [2.45, 2.75) is 46.1 Å². The van der Waals surface area contributed by atoms with E-state index in [9.17, 15) is 0 Å². The minimum Gasteiger partial charge on any atom is -0.435 e. The van der Waals surface area contributed by atoms with Crippen LogP contribution in [0.4, 0.5) is 0 Å². The van der Waals surface area contributed by atoms with Crippen molar-refractivity contribution < 1.29 is 4.74 Å². The van der Waals surface area contributed by atoms with E-state index < -0.39 is 0 Å². The van der Waals surface area contributed by atoms with Gasteiger partial charge in [0.05, 0.1) is 5.69 Å². The van der Waals surface area contributed by atoms with Crippen molar-refractivity contribution in [2.24, 2.45) is 12.8 Å². The Morgan fingerprint density at radius 2 is 2.05 bits per heavy atom. The second-order valence-electron chi connectivity index (χ2n) is 5.70. The molecule has 0 fully saturated rings. The summed E-state index contributed by atoms with van der Waals surface area (Å²) in [5.74, 6) is 1.42. The van der Waals surface area contributed by atoms with Gasteiger partial charge < -0.3 is 10.5 Å². The van der Waals surface area contributed by atoms with Crippen LogP contribution in [0.3, 0.4) is 0 Å². The molecule has 3 rings (SSSR count). The van der Waals surface area contributed by atoms with Crippen LogP contribution in [0.2, 0.25) is 0 Å². The Balaban J connectivity index is 2.01. The van der Waals surface area contributed by atoms with E-state index in [-0.39, 0.29) is 0 Å². The molecule has 5 heteroatoms. The number of hydrogen-bond donors (Lipinski definition) is 1. The molecule has 0 unspecified atom stereocenters. The predicted octanol–water partition coefficient (Wildman–Crippen LogP) is 2.56. The van der Waals surface area contributed by atoms with E-state index in [1.165, 1.54) is 18.4 Å². The van der Waals surface area contributed by atoms with Crippen LogP contribution in [0.15, 0.2) is 6.07 Å². The van der Waals surface area contributed by atoms with E-state index in [4.69, 9.17) is 15.5 Å². The van der Waals surface area contributed by atoms with Gasteiger partial charge in [0.1, 0.15) is 5.69 Å². The molecule has 0 atom stereocenters. The average Bonchev–Trinajstić information content (AvgIpc) is 2.73. The molecule has 1 aliphatic rings. The summed E-state index contributed by atoms with van der Waals surface area (Å²) in [5.41, 5.74) is 11.2. The molecule has 2 aromatic rings. The molecule has 0 bridgehead atoms. The SMILES string of the molecule is Cc1nn(C)c(C)c1Oc1nc2c(cc1CN)CCCC2. The zero-order chi connectivity index (χ0) is 15.0. The first-order valence-electron chi connectivity index (χ1n) is 7.50. The van der Waals surface area contributed by atoms with Crippen LogP contribution in [-0.2, 0) is 26.4 Å². The molecule has 2 N–H and O–H groups in total. The molecule has 0 radical (unpaired) electrons. The summed E-state index contributed by atoms with van der Waals surface area (Å²) in [4.78, 5) is 4.73. The van der Waals surface area contributed by atoms with Gasteiger partial charge in [0.15, 0.2) is 5.75 Å². The molecular formula is C16H22N4O. The van der Waals surface area contributed by atoms with Crippen molar-refractivity contribution in [2.75, 3.05) is 0 Å². The monoisotopic (exact) mass is 286 g/mol. The number of nitrogens with zero attached hydrogens (tertiary/aromatic N) is 3. The summed E-state index contributed by atoms with van der Waals surface area (Å²) in [7, 11) is 1.92. The van der Waals surface area contributed by atoms with Crippen LogP contribution >= 0.6 is 0 Å². The third kappa shape index (κ3) is 2.53. The van der Waals surface area contributed by atoms with Crippen LogP contribution < -0.4 is 10.5 Å². The van der Waals surface area contributed by atoms with E-state index in [2.05, 4.69) is 11.2 Å². The van der Waals surface area contributed by atoms with Gasteiger partial charge in [-0.05, 0) is 51.2 Å². The maximum atomic E-state index is 6.07. The Bertz CT molecular complexity index is 675. The van der Waals surface area contributed by atoms with Gasteiger partial charge >= 0.3 is 0 Å². The summed E-state index contributed by atoms with van der Waals surface area (Å²) in [5, 5.41) is 4.38. The van der Waals surface area contributed by atoms with Crippen LogP contribution in [0.1, 0.15) is 41.1 Å². The van der Waals surface area contributed by atoms with E-state index in [1.807, 2.05) is 25.6 Å². The van der Waals surface area contributed by atoms with Gasteiger partial charge in [0.2, 0.25) is 5.88 Å². The number of hydrogen-bond acceptors (Lipinski definition) is 4. The predicted molar refractivity (Wildman–Crippen MR) is 81.5 cm³/mol. The van der Waals surface area contributed by atoms with Crippen molar-refractivity contribution in [1.29, 1.82) is 0 Å². The van der Waals surface area contributed by atoms with Gasteiger partial charge in [0.25, 0.3) is 0 Å². The lowest BCUT2D eigenvalue weighted by molar-refractivity contribution is 0.444. The van der Waals surface area contributed by atoms with Gasteiger partial charge in [-0.3, -0.25) is 4.68 Å². The zero-order valence-electron chi connectivity index (χ0n) is 12.9. The summed E-state index contributed by atoms with van der Waals surface area (Å²) in [6.45, 7) is 4.38. The van der Waals surface area contributed by atoms with Crippen molar-refractivity contribution in [3.63, 3.8) is 0 Å². The highest BCUT2D eigenvalue weighted by Crippen LogP contribution is 2.31. The van der Waals surface area contributed by atoms with Crippen molar-refractivity contribution >= 4 is 0 Å². The Morgan fingerprint density at radius 3 is 2.71 bits per heavy atom. The van der Waals surface area contributed by atoms with Gasteiger partial charge in [-0.15, -0.1) is 0 Å². The van der Waals surface area contributed by atoms with Crippen molar-refractivity contribution in [3.8, 4) is 11.6 Å². The summed E-state index contributed by atoms with van der Waals surface area (Å²) in [6.07, 6.45) is 4.56. The standard InChI is InChI=1S/C16H22N4O/c1-10-15(11(2)20(3)19-10)21-16-13(9-17)8-12-6-4-5-7-14(12)18-16/h8H,4-7,9,17H2,1-3H3. The smallest absolute Gasteiger partial charge is 0.224 e. The number of rotatable bonds is 3. The van der Waals surface area contributed by atoms with Crippen molar-refractivity contribution in [1.82, 2.24) is 14.8 Å². The highest BCUT2D eigenvalue weighted by Gasteiger charge is 2.18. The first-order valence-corrected chi connectivity index (χ1v) is 7.50. The average molecular weight is 286 g/mol. The second-order valence-corrected chi connectivity index (χ2v) is 5.70. The molecule has 5 nitrogen and oxygen atoms in total. The molecule has 0 saturated heterocycles. The lowest BCUT2D eigenvalue weighted by Crippen LogP contribution is -2.10. The van der Waals surface area contributed by atoms with E-state index >= 15 is 0 Å². The molecular weight excluding hydrogens is 264 g/mol. The lowest BCUT2D eigenvalue weighted by atomic mass is 9.95. The minimum atomic E-state index is 0.438. The molecule has 0 saturated carbocycles.